The Bertz CT molecular complexity index is 172. The molecule has 2 nitrogen and oxygen atoms in total. The minimum atomic E-state index is -0.484. The van der Waals surface area contributed by atoms with Crippen LogP contribution in [-0.4, -0.2) is 10.5 Å². The predicted octanol–water partition coefficient (Wildman–Crippen LogP) is -0.264. The van der Waals surface area contributed by atoms with Crippen molar-refractivity contribution in [3.63, 3.8) is 0 Å². The van der Waals surface area contributed by atoms with E-state index in [-0.39, 0.29) is 0 Å². The molecule has 0 fully saturated rings. The number of primary amides is 1. The monoisotopic (exact) mass is 172 g/mol. The first kappa shape index (κ1) is 8.44. The van der Waals surface area contributed by atoms with Gasteiger partial charge < -0.3 is 0 Å². The maximum absolute atomic E-state index is 10.4. The summed E-state index contributed by atoms with van der Waals surface area (Å²) in [6, 6.07) is 0. The quantitative estimate of drug-likeness (QED) is 0.272. The zero-order chi connectivity index (χ0) is 7.28. The van der Waals surface area contributed by atoms with Gasteiger partial charge in [-0.25, -0.2) is 0 Å². The number of carbonyl (C=O) groups excluding carboxylic acids is 1. The first-order chi connectivity index (χ1) is 4.22. The van der Waals surface area contributed by atoms with Gasteiger partial charge in [-0.1, -0.05) is 0 Å². The Labute approximate surface area is 63.6 Å². The van der Waals surface area contributed by atoms with Crippen LogP contribution in [0.3, 0.4) is 0 Å². The van der Waals surface area contributed by atoms with E-state index in [1.54, 1.807) is 6.08 Å². The van der Waals surface area contributed by atoms with Crippen LogP contribution >= 0.6 is 0 Å². The Morgan fingerprint density at radius 2 is 2.22 bits per heavy atom. The van der Waals surface area contributed by atoms with Crippen molar-refractivity contribution in [2.75, 3.05) is 0 Å². The van der Waals surface area contributed by atoms with Crippen molar-refractivity contribution in [1.29, 1.82) is 0 Å². The van der Waals surface area contributed by atoms with Gasteiger partial charge in [-0.15, -0.1) is 0 Å². The van der Waals surface area contributed by atoms with E-state index >= 15 is 0 Å². The van der Waals surface area contributed by atoms with Crippen LogP contribution in [0.2, 0.25) is 0 Å². The number of rotatable bonds is 3. The molecule has 0 atom stereocenters. The van der Waals surface area contributed by atoms with Crippen molar-refractivity contribution >= 4 is 10.5 Å². The van der Waals surface area contributed by atoms with Crippen LogP contribution in [-0.2, 0) is 22.6 Å². The van der Waals surface area contributed by atoms with Crippen molar-refractivity contribution in [3.8, 4) is 0 Å². The molecule has 9 heavy (non-hydrogen) atoms. The standard InChI is InChI=1S/C6H6NO.Zn/c1-3-5(4-2)6(7)8;/h1-4H,(H2,7,8);/q-1;/b5-3+;. The molecule has 0 aliphatic rings. The van der Waals surface area contributed by atoms with Gasteiger partial charge in [-0.2, -0.15) is 0 Å². The van der Waals surface area contributed by atoms with Crippen molar-refractivity contribution in [2.24, 2.45) is 5.73 Å². The van der Waals surface area contributed by atoms with Crippen LogP contribution in [0.5, 0.6) is 0 Å². The van der Waals surface area contributed by atoms with E-state index < -0.39 is 5.91 Å². The molecule has 0 aromatic rings. The van der Waals surface area contributed by atoms with Crippen molar-refractivity contribution in [2.45, 2.75) is 0 Å². The molecule has 0 saturated heterocycles. The Morgan fingerprint density at radius 1 is 1.67 bits per heavy atom. The Hall–Kier alpha value is -0.557. The van der Waals surface area contributed by atoms with Crippen LogP contribution in [0.1, 0.15) is 0 Å². The predicted molar refractivity (Wildman–Crippen MR) is 32.2 cm³/mol. The van der Waals surface area contributed by atoms with Crippen LogP contribution < -0.4 is 5.73 Å². The summed E-state index contributed by atoms with van der Waals surface area (Å²) in [5.74, 6) is -0.484. The van der Waals surface area contributed by atoms with Gasteiger partial charge in [0.25, 0.3) is 0 Å². The van der Waals surface area contributed by atoms with Crippen LogP contribution in [0.4, 0.5) is 0 Å². The van der Waals surface area contributed by atoms with E-state index in [0.29, 0.717) is 5.57 Å². The fourth-order valence-electron chi connectivity index (χ4n) is 0.347. The summed E-state index contributed by atoms with van der Waals surface area (Å²) in [5.41, 5.74) is 5.27. The molecule has 0 spiro atoms. The normalized spacial score (nSPS) is 10.7. The van der Waals surface area contributed by atoms with Gasteiger partial charge in [0.15, 0.2) is 0 Å². The Morgan fingerprint density at radius 3 is 2.33 bits per heavy atom. The van der Waals surface area contributed by atoms with Gasteiger partial charge in [0.2, 0.25) is 0 Å². The van der Waals surface area contributed by atoms with Gasteiger partial charge in [0.05, 0.1) is 0 Å². The second-order valence-electron chi connectivity index (χ2n) is 1.39. The Kier molecular flexibility index (Phi) is 4.07. The van der Waals surface area contributed by atoms with Gasteiger partial charge in [-0.05, 0) is 0 Å². The molecular weight excluding hydrogens is 167 g/mol. The average molecular weight is 174 g/mol. The van der Waals surface area contributed by atoms with E-state index in [9.17, 15) is 4.79 Å². The fourth-order valence-corrected chi connectivity index (χ4v) is 0.880. The third-order valence-corrected chi connectivity index (χ3v) is 1.26. The average Bonchev–Trinajstić information content (AvgIpc) is 1.82. The molecule has 0 radical (unpaired) electrons. The number of hydrogen-bond donors (Lipinski definition) is 1. The number of carbonyl (C=O) groups is 1. The Balaban J connectivity index is 4.32. The second-order valence-corrected chi connectivity index (χ2v) is 2.38. The third kappa shape index (κ3) is 3.09. The van der Waals surface area contributed by atoms with Crippen LogP contribution in [0, 0.1) is 6.58 Å². The molecule has 3 heteroatoms. The summed E-state index contributed by atoms with van der Waals surface area (Å²) in [4.78, 5) is 10.4. The molecule has 0 saturated carbocycles. The topological polar surface area (TPSA) is 43.1 Å². The molecule has 0 aromatic carbocycles. The number of allylic oxidation sites excluding steroid dienone is 1. The van der Waals surface area contributed by atoms with Gasteiger partial charge in [-0.3, -0.25) is 0 Å². The number of nitrogens with two attached hydrogens (primary N) is 1. The molecule has 0 heterocycles. The fraction of sp³-hybridized carbons (Fsp3) is 0. The molecule has 0 rings (SSSR count). The van der Waals surface area contributed by atoms with E-state index in [1.807, 2.05) is 4.61 Å². The zero-order valence-corrected chi connectivity index (χ0v) is 7.97. The molecule has 1 amide bonds. The third-order valence-electron chi connectivity index (χ3n) is 0.761. The van der Waals surface area contributed by atoms with E-state index in [4.69, 9.17) is 12.3 Å². The summed E-state index contributed by atoms with van der Waals surface area (Å²) < 4.78 is 1.82. The van der Waals surface area contributed by atoms with Gasteiger partial charge in [0.1, 0.15) is 0 Å². The summed E-state index contributed by atoms with van der Waals surface area (Å²) in [7, 11) is 0. The van der Waals surface area contributed by atoms with Crippen LogP contribution in [0.25, 0.3) is 0 Å². The van der Waals surface area contributed by atoms with Crippen molar-refractivity contribution in [3.05, 3.63) is 24.3 Å². The summed E-state index contributed by atoms with van der Waals surface area (Å²) >= 11 is 0.991. The molecule has 0 aliphatic carbocycles. The van der Waals surface area contributed by atoms with Gasteiger partial charge >= 0.3 is 63.2 Å². The summed E-state index contributed by atoms with van der Waals surface area (Å²) in [6.45, 7) is 5.06. The van der Waals surface area contributed by atoms with E-state index in [2.05, 4.69) is 0 Å². The van der Waals surface area contributed by atoms with Crippen molar-refractivity contribution in [1.82, 2.24) is 0 Å². The SMILES string of the molecule is [CH-]=C/C(=C\[CH]=[Zn])C(N)=O. The van der Waals surface area contributed by atoms with Crippen LogP contribution in [0.15, 0.2) is 17.7 Å². The molecule has 0 aliphatic heterocycles. The number of amides is 1. The van der Waals surface area contributed by atoms with E-state index in [1.165, 1.54) is 6.08 Å². The van der Waals surface area contributed by atoms with E-state index in [0.717, 1.165) is 17.9 Å². The second kappa shape index (κ2) is 4.33. The summed E-state index contributed by atoms with van der Waals surface area (Å²) in [5, 5.41) is 0. The van der Waals surface area contributed by atoms with Crippen molar-refractivity contribution < 1.29 is 22.6 Å². The molecule has 0 unspecified atom stereocenters. The molecule has 0 aromatic heterocycles. The first-order valence-electron chi connectivity index (χ1n) is 2.40. The summed E-state index contributed by atoms with van der Waals surface area (Å²) in [6.07, 6.45) is 2.82. The number of hydrogen-bond acceptors (Lipinski definition) is 1. The molecular formula is C6H6NOZn-. The molecule has 2 N–H and O–H groups in total. The minimum absolute atomic E-state index is 0.362. The maximum atomic E-state index is 10.4. The molecule has 0 bridgehead atoms. The molecule has 44 valence electrons. The zero-order valence-electron chi connectivity index (χ0n) is 5.00. The van der Waals surface area contributed by atoms with Gasteiger partial charge in [0, 0.05) is 0 Å². The first-order valence-corrected chi connectivity index (χ1v) is 4.11.